The van der Waals surface area contributed by atoms with E-state index in [0.29, 0.717) is 32.8 Å². The first-order valence-corrected chi connectivity index (χ1v) is 7.63. The van der Waals surface area contributed by atoms with Gasteiger partial charge in [0.05, 0.1) is 6.10 Å². The van der Waals surface area contributed by atoms with Crippen LogP contribution in [0, 0.1) is 0 Å². The molecule has 2 heterocycles. The van der Waals surface area contributed by atoms with Crippen LogP contribution in [0.5, 0.6) is 0 Å². The first-order valence-electron chi connectivity index (χ1n) is 7.63. The molecule has 114 valence electrons. The standard InChI is InChI=1S/C14H25N3O3/c1-2-20-12-5-3-8-17(11-12)14(19)13(18)16-9-4-6-15-7-10-16/h12,15H,2-11H2,1H3. The molecule has 0 saturated carbocycles. The van der Waals surface area contributed by atoms with Crippen LogP contribution in [-0.4, -0.2) is 73.6 Å². The molecule has 2 fully saturated rings. The van der Waals surface area contributed by atoms with E-state index in [0.717, 1.165) is 32.4 Å². The summed E-state index contributed by atoms with van der Waals surface area (Å²) in [5.74, 6) is -0.720. The van der Waals surface area contributed by atoms with E-state index in [2.05, 4.69) is 5.32 Å². The van der Waals surface area contributed by atoms with Gasteiger partial charge in [-0.2, -0.15) is 0 Å². The molecule has 0 radical (unpaired) electrons. The molecule has 0 aromatic heterocycles. The molecule has 2 aliphatic heterocycles. The summed E-state index contributed by atoms with van der Waals surface area (Å²) in [7, 11) is 0. The van der Waals surface area contributed by atoms with Crippen LogP contribution in [-0.2, 0) is 14.3 Å². The predicted octanol–water partition coefficient (Wildman–Crippen LogP) is -0.164. The summed E-state index contributed by atoms with van der Waals surface area (Å²) in [5.41, 5.74) is 0. The summed E-state index contributed by atoms with van der Waals surface area (Å²) in [6, 6.07) is 0. The van der Waals surface area contributed by atoms with Crippen molar-refractivity contribution in [3.8, 4) is 0 Å². The molecule has 0 aromatic carbocycles. The van der Waals surface area contributed by atoms with E-state index in [4.69, 9.17) is 4.74 Å². The van der Waals surface area contributed by atoms with Crippen LogP contribution in [0.1, 0.15) is 26.2 Å². The van der Waals surface area contributed by atoms with Gasteiger partial charge in [0.2, 0.25) is 0 Å². The summed E-state index contributed by atoms with van der Waals surface area (Å²) >= 11 is 0. The first-order chi connectivity index (χ1) is 9.72. The van der Waals surface area contributed by atoms with Gasteiger partial charge in [0.1, 0.15) is 0 Å². The number of amides is 2. The number of nitrogens with zero attached hydrogens (tertiary/aromatic N) is 2. The normalized spacial score (nSPS) is 24.4. The fraction of sp³-hybridized carbons (Fsp3) is 0.857. The summed E-state index contributed by atoms with van der Waals surface area (Å²) in [6.07, 6.45) is 2.86. The van der Waals surface area contributed by atoms with E-state index < -0.39 is 0 Å². The van der Waals surface area contributed by atoms with Crippen molar-refractivity contribution in [1.29, 1.82) is 0 Å². The number of ether oxygens (including phenoxy) is 1. The molecule has 1 N–H and O–H groups in total. The highest BCUT2D eigenvalue weighted by Crippen LogP contribution is 2.14. The maximum atomic E-state index is 12.3. The molecular weight excluding hydrogens is 258 g/mol. The summed E-state index contributed by atoms with van der Waals surface area (Å²) < 4.78 is 5.58. The van der Waals surface area contributed by atoms with Crippen molar-refractivity contribution in [2.24, 2.45) is 0 Å². The fourth-order valence-electron chi connectivity index (χ4n) is 2.81. The number of hydrogen-bond acceptors (Lipinski definition) is 4. The SMILES string of the molecule is CCOC1CCCN(C(=O)C(=O)N2CCCNCC2)C1. The van der Waals surface area contributed by atoms with Crippen molar-refractivity contribution in [3.05, 3.63) is 0 Å². The van der Waals surface area contributed by atoms with Gasteiger partial charge < -0.3 is 19.9 Å². The Labute approximate surface area is 120 Å². The number of rotatable bonds is 2. The number of piperidine rings is 1. The number of likely N-dealkylation sites (tertiary alicyclic amines) is 1. The first kappa shape index (κ1) is 15.3. The van der Waals surface area contributed by atoms with Gasteiger partial charge in [-0.1, -0.05) is 0 Å². The number of hydrogen-bond donors (Lipinski definition) is 1. The molecule has 2 rings (SSSR count). The van der Waals surface area contributed by atoms with Crippen molar-refractivity contribution >= 4 is 11.8 Å². The molecule has 0 aliphatic carbocycles. The van der Waals surface area contributed by atoms with Gasteiger partial charge in [-0.05, 0) is 32.7 Å². The Morgan fingerprint density at radius 3 is 2.65 bits per heavy atom. The Bertz CT molecular complexity index is 339. The molecule has 0 spiro atoms. The van der Waals surface area contributed by atoms with Crippen LogP contribution in [0.15, 0.2) is 0 Å². The topological polar surface area (TPSA) is 61.9 Å². The summed E-state index contributed by atoms with van der Waals surface area (Å²) in [4.78, 5) is 27.9. The van der Waals surface area contributed by atoms with E-state index >= 15 is 0 Å². The van der Waals surface area contributed by atoms with E-state index in [9.17, 15) is 9.59 Å². The maximum absolute atomic E-state index is 12.3. The van der Waals surface area contributed by atoms with Crippen molar-refractivity contribution < 1.29 is 14.3 Å². The maximum Gasteiger partial charge on any atom is 0.312 e. The molecule has 1 unspecified atom stereocenters. The number of carbonyl (C=O) groups is 2. The monoisotopic (exact) mass is 283 g/mol. The third-order valence-corrected chi connectivity index (χ3v) is 3.88. The number of nitrogens with one attached hydrogen (secondary N) is 1. The molecule has 1 atom stereocenters. The second-order valence-electron chi connectivity index (χ2n) is 5.37. The van der Waals surface area contributed by atoms with Crippen LogP contribution < -0.4 is 5.32 Å². The average Bonchev–Trinajstić information content (AvgIpc) is 2.75. The quantitative estimate of drug-likeness (QED) is 0.715. The smallest absolute Gasteiger partial charge is 0.312 e. The van der Waals surface area contributed by atoms with Crippen LogP contribution in [0.2, 0.25) is 0 Å². The van der Waals surface area contributed by atoms with Gasteiger partial charge in [-0.25, -0.2) is 0 Å². The third-order valence-electron chi connectivity index (χ3n) is 3.88. The van der Waals surface area contributed by atoms with Gasteiger partial charge >= 0.3 is 11.8 Å². The van der Waals surface area contributed by atoms with E-state index in [1.807, 2.05) is 6.92 Å². The second kappa shape index (κ2) is 7.59. The zero-order valence-electron chi connectivity index (χ0n) is 12.3. The third kappa shape index (κ3) is 3.93. The number of carbonyl (C=O) groups excluding carboxylic acids is 2. The van der Waals surface area contributed by atoms with E-state index in [1.165, 1.54) is 0 Å². The Morgan fingerprint density at radius 2 is 1.85 bits per heavy atom. The lowest BCUT2D eigenvalue weighted by Crippen LogP contribution is -2.50. The van der Waals surface area contributed by atoms with Crippen LogP contribution in [0.3, 0.4) is 0 Å². The van der Waals surface area contributed by atoms with Crippen molar-refractivity contribution in [1.82, 2.24) is 15.1 Å². The van der Waals surface area contributed by atoms with Crippen LogP contribution in [0.25, 0.3) is 0 Å². The average molecular weight is 283 g/mol. The summed E-state index contributed by atoms with van der Waals surface area (Å²) in [6.45, 7) is 6.78. The van der Waals surface area contributed by atoms with Gasteiger partial charge in [0.15, 0.2) is 0 Å². The zero-order valence-corrected chi connectivity index (χ0v) is 12.3. The lowest BCUT2D eigenvalue weighted by molar-refractivity contribution is -0.153. The molecule has 2 aliphatic rings. The highest BCUT2D eigenvalue weighted by molar-refractivity contribution is 6.34. The molecule has 2 saturated heterocycles. The van der Waals surface area contributed by atoms with Crippen LogP contribution in [0.4, 0.5) is 0 Å². The highest BCUT2D eigenvalue weighted by Gasteiger charge is 2.31. The Kier molecular flexibility index (Phi) is 5.79. The minimum Gasteiger partial charge on any atom is -0.377 e. The summed E-state index contributed by atoms with van der Waals surface area (Å²) in [5, 5.41) is 3.24. The van der Waals surface area contributed by atoms with Crippen molar-refractivity contribution in [3.63, 3.8) is 0 Å². The van der Waals surface area contributed by atoms with Crippen molar-refractivity contribution in [2.75, 3.05) is 45.9 Å². The van der Waals surface area contributed by atoms with Gasteiger partial charge in [0, 0.05) is 39.3 Å². The molecule has 0 aromatic rings. The Balaban J connectivity index is 1.90. The zero-order chi connectivity index (χ0) is 14.4. The van der Waals surface area contributed by atoms with Crippen molar-refractivity contribution in [2.45, 2.75) is 32.3 Å². The highest BCUT2D eigenvalue weighted by atomic mass is 16.5. The van der Waals surface area contributed by atoms with Gasteiger partial charge in [-0.3, -0.25) is 9.59 Å². The lowest BCUT2D eigenvalue weighted by Gasteiger charge is -2.33. The molecule has 20 heavy (non-hydrogen) atoms. The van der Waals surface area contributed by atoms with Gasteiger partial charge in [-0.15, -0.1) is 0 Å². The molecule has 6 nitrogen and oxygen atoms in total. The largest absolute Gasteiger partial charge is 0.377 e. The van der Waals surface area contributed by atoms with Gasteiger partial charge in [0.25, 0.3) is 0 Å². The molecule has 6 heteroatoms. The molecule has 0 bridgehead atoms. The fourth-order valence-corrected chi connectivity index (χ4v) is 2.81. The van der Waals surface area contributed by atoms with E-state index in [-0.39, 0.29) is 17.9 Å². The molecular formula is C14H25N3O3. The Morgan fingerprint density at radius 1 is 1.10 bits per heavy atom. The Hall–Kier alpha value is -1.14. The predicted molar refractivity (Wildman–Crippen MR) is 75.3 cm³/mol. The second-order valence-corrected chi connectivity index (χ2v) is 5.37. The minimum atomic E-state index is -0.365. The lowest BCUT2D eigenvalue weighted by atomic mass is 10.1. The van der Waals surface area contributed by atoms with Crippen LogP contribution >= 0.6 is 0 Å². The minimum absolute atomic E-state index is 0.0799. The van der Waals surface area contributed by atoms with E-state index in [1.54, 1.807) is 9.80 Å². The molecule has 2 amide bonds.